The zero-order valence-electron chi connectivity index (χ0n) is 14.5. The van der Waals surface area contributed by atoms with Gasteiger partial charge in [0, 0.05) is 17.5 Å². The number of benzene rings is 2. The fraction of sp³-hybridized carbons (Fsp3) is 0.300. The lowest BCUT2D eigenvalue weighted by atomic mass is 10.0. The maximum Gasteiger partial charge on any atom is 0.281 e. The van der Waals surface area contributed by atoms with Gasteiger partial charge in [0.25, 0.3) is 5.91 Å². The molecule has 1 aliphatic rings. The Labute approximate surface area is 156 Å². The van der Waals surface area contributed by atoms with E-state index in [9.17, 15) is 4.79 Å². The third kappa shape index (κ3) is 4.09. The van der Waals surface area contributed by atoms with Crippen molar-refractivity contribution in [3.8, 4) is 0 Å². The van der Waals surface area contributed by atoms with Crippen LogP contribution in [-0.4, -0.2) is 43.7 Å². The number of amides is 1. The van der Waals surface area contributed by atoms with Crippen LogP contribution in [0.4, 0.5) is 5.13 Å². The van der Waals surface area contributed by atoms with Crippen molar-refractivity contribution in [1.82, 2.24) is 4.98 Å². The fourth-order valence-corrected chi connectivity index (χ4v) is 4.16. The molecule has 2 N–H and O–H groups in total. The first kappa shape index (κ1) is 17.1. The topological polar surface area (TPSA) is 55.7 Å². The van der Waals surface area contributed by atoms with Crippen LogP contribution in [-0.2, 0) is 16.0 Å². The molecule has 2 aromatic carbocycles. The van der Waals surface area contributed by atoms with Crippen LogP contribution in [0.2, 0.25) is 0 Å². The van der Waals surface area contributed by atoms with Crippen LogP contribution in [0.1, 0.15) is 10.4 Å². The lowest BCUT2D eigenvalue weighted by Gasteiger charge is -2.22. The molecule has 1 aliphatic heterocycles. The summed E-state index contributed by atoms with van der Waals surface area (Å²) < 4.78 is 5.33. The van der Waals surface area contributed by atoms with Crippen LogP contribution < -0.4 is 10.2 Å². The summed E-state index contributed by atoms with van der Waals surface area (Å²) in [5, 5.41) is 6.13. The first-order valence-corrected chi connectivity index (χ1v) is 9.72. The van der Waals surface area contributed by atoms with Crippen molar-refractivity contribution in [2.75, 3.05) is 38.2 Å². The molecule has 1 fully saturated rings. The maximum atomic E-state index is 12.2. The number of quaternary nitrogens is 1. The predicted octanol–water partition coefficient (Wildman–Crippen LogP) is 1.74. The number of morpholine rings is 1. The van der Waals surface area contributed by atoms with Gasteiger partial charge in [0.1, 0.15) is 13.1 Å². The van der Waals surface area contributed by atoms with Crippen molar-refractivity contribution in [3.05, 3.63) is 59.1 Å². The zero-order chi connectivity index (χ0) is 17.8. The van der Waals surface area contributed by atoms with Gasteiger partial charge in [-0.2, -0.15) is 0 Å². The van der Waals surface area contributed by atoms with Crippen molar-refractivity contribution in [1.29, 1.82) is 0 Å². The Morgan fingerprint density at radius 1 is 1.15 bits per heavy atom. The number of aromatic nitrogens is 1. The third-order valence-electron chi connectivity index (χ3n) is 4.65. The van der Waals surface area contributed by atoms with Gasteiger partial charge < -0.3 is 9.64 Å². The number of carbonyl (C=O) groups excluding carboxylic acids is 1. The molecule has 0 bridgehead atoms. The minimum absolute atomic E-state index is 0.0213. The Hall–Kier alpha value is -2.28. The fourth-order valence-electron chi connectivity index (χ4n) is 3.31. The third-order valence-corrected chi connectivity index (χ3v) is 5.57. The van der Waals surface area contributed by atoms with Crippen molar-refractivity contribution in [2.24, 2.45) is 0 Å². The zero-order valence-corrected chi connectivity index (χ0v) is 15.3. The Kier molecular flexibility index (Phi) is 5.24. The van der Waals surface area contributed by atoms with E-state index >= 15 is 0 Å². The number of rotatable bonds is 5. The molecule has 0 saturated carbocycles. The highest BCUT2D eigenvalue weighted by Gasteiger charge is 2.18. The molecule has 134 valence electrons. The lowest BCUT2D eigenvalue weighted by molar-refractivity contribution is -0.899. The van der Waals surface area contributed by atoms with Gasteiger partial charge in [-0.3, -0.25) is 10.1 Å². The van der Waals surface area contributed by atoms with Gasteiger partial charge in [-0.15, -0.1) is 11.3 Å². The summed E-state index contributed by atoms with van der Waals surface area (Å²) in [7, 11) is 0. The highest BCUT2D eigenvalue weighted by molar-refractivity contribution is 7.15. The summed E-state index contributed by atoms with van der Waals surface area (Å²) >= 11 is 1.55. The van der Waals surface area contributed by atoms with E-state index in [0.717, 1.165) is 37.6 Å². The van der Waals surface area contributed by atoms with E-state index in [1.165, 1.54) is 21.2 Å². The molecule has 1 aromatic heterocycles. The van der Waals surface area contributed by atoms with Gasteiger partial charge in [0.15, 0.2) is 11.7 Å². The summed E-state index contributed by atoms with van der Waals surface area (Å²) in [5.41, 5.74) is 1.28. The average Bonchev–Trinajstić information content (AvgIpc) is 3.09. The Morgan fingerprint density at radius 2 is 1.96 bits per heavy atom. The monoisotopic (exact) mass is 368 g/mol. The van der Waals surface area contributed by atoms with Crippen LogP contribution in [0.15, 0.2) is 48.7 Å². The summed E-state index contributed by atoms with van der Waals surface area (Å²) in [6, 6.07) is 14.8. The minimum Gasteiger partial charge on any atom is -0.370 e. The molecule has 1 amide bonds. The lowest BCUT2D eigenvalue weighted by Crippen LogP contribution is -3.15. The molecule has 0 atom stereocenters. The summed E-state index contributed by atoms with van der Waals surface area (Å²) in [6.45, 7) is 3.71. The Balaban J connectivity index is 1.40. The number of carbonyl (C=O) groups is 1. The number of thiazole rings is 1. The quantitative estimate of drug-likeness (QED) is 0.721. The number of nitrogens with zero attached hydrogens (tertiary/aromatic N) is 1. The molecule has 0 radical (unpaired) electrons. The number of hydrogen-bond donors (Lipinski definition) is 2. The Morgan fingerprint density at radius 3 is 2.85 bits per heavy atom. The van der Waals surface area contributed by atoms with Crippen molar-refractivity contribution in [2.45, 2.75) is 6.42 Å². The van der Waals surface area contributed by atoms with Crippen LogP contribution in [0, 0.1) is 0 Å². The first-order valence-electron chi connectivity index (χ1n) is 8.90. The van der Waals surface area contributed by atoms with E-state index in [1.807, 2.05) is 6.20 Å². The molecule has 2 heterocycles. The van der Waals surface area contributed by atoms with E-state index in [-0.39, 0.29) is 5.91 Å². The normalized spacial score (nSPS) is 15.2. The summed E-state index contributed by atoms with van der Waals surface area (Å²) in [5.74, 6) is 0.0213. The average molecular weight is 368 g/mol. The Bertz CT molecular complexity index is 897. The van der Waals surface area contributed by atoms with Crippen LogP contribution in [0.3, 0.4) is 0 Å². The highest BCUT2D eigenvalue weighted by atomic mass is 32.1. The largest absolute Gasteiger partial charge is 0.370 e. The number of fused-ring (bicyclic) bond motifs is 1. The van der Waals surface area contributed by atoms with Crippen molar-refractivity contribution in [3.63, 3.8) is 0 Å². The standard InChI is InChI=1S/C20H21N3O2S/c24-19(14-23-8-10-25-11-9-23)22-20-21-13-17(26-20)12-16-6-3-5-15-4-1-2-7-18(15)16/h1-7,13H,8-12,14H2,(H,21,22,24)/p+1. The smallest absolute Gasteiger partial charge is 0.281 e. The van der Waals surface area contributed by atoms with Crippen molar-refractivity contribution < 1.29 is 14.4 Å². The second-order valence-corrected chi connectivity index (χ2v) is 7.65. The molecule has 0 aliphatic carbocycles. The van der Waals surface area contributed by atoms with Gasteiger partial charge >= 0.3 is 0 Å². The van der Waals surface area contributed by atoms with Gasteiger partial charge in [-0.1, -0.05) is 42.5 Å². The summed E-state index contributed by atoms with van der Waals surface area (Å²) in [6.07, 6.45) is 2.69. The van der Waals surface area contributed by atoms with Gasteiger partial charge in [-0.05, 0) is 16.3 Å². The SMILES string of the molecule is O=C(C[NH+]1CCOCC1)Nc1ncc(Cc2cccc3ccccc23)s1. The number of hydrogen-bond acceptors (Lipinski definition) is 4. The van der Waals surface area contributed by atoms with E-state index in [2.05, 4.69) is 52.8 Å². The molecule has 0 unspecified atom stereocenters. The molecule has 0 spiro atoms. The van der Waals surface area contributed by atoms with E-state index < -0.39 is 0 Å². The number of nitrogens with one attached hydrogen (secondary N) is 2. The first-order chi connectivity index (χ1) is 12.8. The molecular weight excluding hydrogens is 346 g/mol. The van der Waals surface area contributed by atoms with Gasteiger partial charge in [0.2, 0.25) is 0 Å². The van der Waals surface area contributed by atoms with Crippen LogP contribution >= 0.6 is 11.3 Å². The molecule has 6 heteroatoms. The van der Waals surface area contributed by atoms with Crippen LogP contribution in [0.5, 0.6) is 0 Å². The van der Waals surface area contributed by atoms with Crippen LogP contribution in [0.25, 0.3) is 10.8 Å². The second kappa shape index (κ2) is 7.95. The maximum absolute atomic E-state index is 12.2. The van der Waals surface area contributed by atoms with E-state index in [1.54, 1.807) is 11.3 Å². The van der Waals surface area contributed by atoms with Gasteiger partial charge in [-0.25, -0.2) is 4.98 Å². The molecule has 1 saturated heterocycles. The van der Waals surface area contributed by atoms with E-state index in [4.69, 9.17) is 4.74 Å². The molecule has 5 nitrogen and oxygen atoms in total. The molecule has 26 heavy (non-hydrogen) atoms. The second-order valence-electron chi connectivity index (χ2n) is 6.53. The number of anilines is 1. The molecule has 4 rings (SSSR count). The molecular formula is C20H22N3O2S+. The number of ether oxygens (including phenoxy) is 1. The van der Waals surface area contributed by atoms with E-state index in [0.29, 0.717) is 11.7 Å². The van der Waals surface area contributed by atoms with Crippen molar-refractivity contribution >= 4 is 33.1 Å². The highest BCUT2D eigenvalue weighted by Crippen LogP contribution is 2.25. The van der Waals surface area contributed by atoms with Gasteiger partial charge in [0.05, 0.1) is 13.2 Å². The molecule has 3 aromatic rings. The summed E-state index contributed by atoms with van der Waals surface area (Å²) in [4.78, 5) is 19.0. The predicted molar refractivity (Wildman–Crippen MR) is 104 cm³/mol. The minimum atomic E-state index is 0.0213.